The molecule has 1 saturated heterocycles. The molecule has 0 radical (unpaired) electrons. The number of unbranched alkanes of at least 4 members (excludes halogenated alkanes) is 1. The van der Waals surface area contributed by atoms with E-state index in [1.165, 1.54) is 12.8 Å². The van der Waals surface area contributed by atoms with Crippen molar-refractivity contribution in [2.24, 2.45) is 11.8 Å². The first-order valence-electron chi connectivity index (χ1n) is 5.34. The second kappa shape index (κ2) is 4.64. The van der Waals surface area contributed by atoms with Crippen LogP contribution in [0.15, 0.2) is 0 Å². The standard InChI is InChI=1S/C11H20O2/c1-4-5-6-10-9(8(2)3)7-11(12)13-10/h8-10H,4-7H2,1-3H3/t9-,10-/m0/s1. The van der Waals surface area contributed by atoms with Crippen LogP contribution in [0.3, 0.4) is 0 Å². The van der Waals surface area contributed by atoms with Crippen LogP contribution in [0.25, 0.3) is 0 Å². The Balaban J connectivity index is 2.45. The molecule has 0 aromatic rings. The van der Waals surface area contributed by atoms with Crippen molar-refractivity contribution in [3.05, 3.63) is 0 Å². The lowest BCUT2D eigenvalue weighted by atomic mass is 9.87. The van der Waals surface area contributed by atoms with Gasteiger partial charge in [-0.3, -0.25) is 4.79 Å². The number of carbonyl (C=O) groups is 1. The van der Waals surface area contributed by atoms with E-state index in [-0.39, 0.29) is 12.1 Å². The largest absolute Gasteiger partial charge is 0.462 e. The highest BCUT2D eigenvalue weighted by Gasteiger charge is 2.35. The van der Waals surface area contributed by atoms with Crippen LogP contribution in [0.1, 0.15) is 46.5 Å². The van der Waals surface area contributed by atoms with Gasteiger partial charge in [-0.05, 0) is 12.3 Å². The molecule has 1 aliphatic rings. The van der Waals surface area contributed by atoms with Crippen LogP contribution in [-0.2, 0) is 9.53 Å². The molecule has 0 amide bonds. The van der Waals surface area contributed by atoms with Crippen LogP contribution in [0.4, 0.5) is 0 Å². The molecule has 0 N–H and O–H groups in total. The van der Waals surface area contributed by atoms with Gasteiger partial charge in [0.15, 0.2) is 0 Å². The molecular weight excluding hydrogens is 164 g/mol. The molecule has 76 valence electrons. The third-order valence-corrected chi connectivity index (χ3v) is 2.86. The maximum Gasteiger partial charge on any atom is 0.306 e. The zero-order chi connectivity index (χ0) is 9.84. The lowest BCUT2D eigenvalue weighted by Gasteiger charge is -2.20. The van der Waals surface area contributed by atoms with Crippen molar-refractivity contribution < 1.29 is 9.53 Å². The first kappa shape index (κ1) is 10.6. The average Bonchev–Trinajstić information content (AvgIpc) is 2.43. The minimum absolute atomic E-state index is 0.000182. The molecule has 0 unspecified atom stereocenters. The molecule has 1 heterocycles. The third kappa shape index (κ3) is 2.71. The fourth-order valence-electron chi connectivity index (χ4n) is 1.97. The van der Waals surface area contributed by atoms with Gasteiger partial charge in [-0.2, -0.15) is 0 Å². The van der Waals surface area contributed by atoms with E-state index in [0.29, 0.717) is 18.3 Å². The van der Waals surface area contributed by atoms with Gasteiger partial charge in [-0.1, -0.05) is 33.6 Å². The monoisotopic (exact) mass is 184 g/mol. The Kier molecular flexibility index (Phi) is 3.76. The molecule has 13 heavy (non-hydrogen) atoms. The molecule has 0 saturated carbocycles. The second-order valence-electron chi connectivity index (χ2n) is 4.28. The molecule has 0 aliphatic carbocycles. The molecule has 0 aromatic carbocycles. The second-order valence-corrected chi connectivity index (χ2v) is 4.28. The van der Waals surface area contributed by atoms with Gasteiger partial charge in [0.1, 0.15) is 6.10 Å². The van der Waals surface area contributed by atoms with E-state index in [0.717, 1.165) is 6.42 Å². The van der Waals surface area contributed by atoms with E-state index in [9.17, 15) is 4.79 Å². The van der Waals surface area contributed by atoms with Crippen molar-refractivity contribution >= 4 is 5.97 Å². The summed E-state index contributed by atoms with van der Waals surface area (Å²) in [6.45, 7) is 6.51. The summed E-state index contributed by atoms with van der Waals surface area (Å²) in [5.74, 6) is 1.02. The van der Waals surface area contributed by atoms with E-state index >= 15 is 0 Å². The van der Waals surface area contributed by atoms with Crippen molar-refractivity contribution in [1.82, 2.24) is 0 Å². The van der Waals surface area contributed by atoms with Crippen LogP contribution < -0.4 is 0 Å². The van der Waals surface area contributed by atoms with Gasteiger partial charge in [-0.25, -0.2) is 0 Å². The zero-order valence-corrected chi connectivity index (χ0v) is 8.88. The summed E-state index contributed by atoms with van der Waals surface area (Å²) in [6.07, 6.45) is 4.23. The van der Waals surface area contributed by atoms with Crippen LogP contribution in [0.5, 0.6) is 0 Å². The Labute approximate surface area is 80.7 Å². The fraction of sp³-hybridized carbons (Fsp3) is 0.909. The Hall–Kier alpha value is -0.530. The van der Waals surface area contributed by atoms with Gasteiger partial charge >= 0.3 is 5.97 Å². The van der Waals surface area contributed by atoms with E-state index in [1.807, 2.05) is 0 Å². The molecule has 2 atom stereocenters. The van der Waals surface area contributed by atoms with Crippen LogP contribution in [0, 0.1) is 11.8 Å². The first-order chi connectivity index (χ1) is 6.15. The molecule has 0 aromatic heterocycles. The number of esters is 1. The van der Waals surface area contributed by atoms with Crippen molar-refractivity contribution in [3.8, 4) is 0 Å². The number of rotatable bonds is 4. The first-order valence-corrected chi connectivity index (χ1v) is 5.34. The van der Waals surface area contributed by atoms with Gasteiger partial charge in [0.2, 0.25) is 0 Å². The Morgan fingerprint density at radius 1 is 1.54 bits per heavy atom. The summed E-state index contributed by atoms with van der Waals surface area (Å²) >= 11 is 0. The number of carbonyl (C=O) groups excluding carboxylic acids is 1. The number of hydrogen-bond donors (Lipinski definition) is 0. The van der Waals surface area contributed by atoms with Gasteiger partial charge in [0.05, 0.1) is 6.42 Å². The molecule has 2 heteroatoms. The van der Waals surface area contributed by atoms with Crippen molar-refractivity contribution in [3.63, 3.8) is 0 Å². The SMILES string of the molecule is CCCC[C@@H]1OC(=O)C[C@H]1C(C)C. The summed E-state index contributed by atoms with van der Waals surface area (Å²) in [5.41, 5.74) is 0. The average molecular weight is 184 g/mol. The van der Waals surface area contributed by atoms with Crippen LogP contribution in [-0.4, -0.2) is 12.1 Å². The topological polar surface area (TPSA) is 26.3 Å². The van der Waals surface area contributed by atoms with Crippen LogP contribution in [0.2, 0.25) is 0 Å². The van der Waals surface area contributed by atoms with Crippen LogP contribution >= 0.6 is 0 Å². The van der Waals surface area contributed by atoms with Crippen molar-refractivity contribution in [1.29, 1.82) is 0 Å². The van der Waals surface area contributed by atoms with Gasteiger partial charge in [-0.15, -0.1) is 0 Å². The maximum absolute atomic E-state index is 11.1. The molecule has 2 nitrogen and oxygen atoms in total. The molecular formula is C11H20O2. The highest BCUT2D eigenvalue weighted by Crippen LogP contribution is 2.31. The maximum atomic E-state index is 11.1. The fourth-order valence-corrected chi connectivity index (χ4v) is 1.97. The van der Waals surface area contributed by atoms with Crippen molar-refractivity contribution in [2.45, 2.75) is 52.6 Å². The molecule has 1 aliphatic heterocycles. The molecule has 1 fully saturated rings. The Morgan fingerprint density at radius 2 is 2.23 bits per heavy atom. The smallest absolute Gasteiger partial charge is 0.306 e. The highest BCUT2D eigenvalue weighted by molar-refractivity contribution is 5.72. The van der Waals surface area contributed by atoms with E-state index < -0.39 is 0 Å². The minimum atomic E-state index is -0.000182. The summed E-state index contributed by atoms with van der Waals surface area (Å²) < 4.78 is 5.30. The van der Waals surface area contributed by atoms with E-state index in [1.54, 1.807) is 0 Å². The number of ether oxygens (including phenoxy) is 1. The lowest BCUT2D eigenvalue weighted by Crippen LogP contribution is -2.20. The summed E-state index contributed by atoms with van der Waals surface area (Å²) in [6, 6.07) is 0. The summed E-state index contributed by atoms with van der Waals surface area (Å²) in [5, 5.41) is 0. The van der Waals surface area contributed by atoms with Gasteiger partial charge in [0.25, 0.3) is 0 Å². The third-order valence-electron chi connectivity index (χ3n) is 2.86. The molecule has 1 rings (SSSR count). The van der Waals surface area contributed by atoms with Gasteiger partial charge < -0.3 is 4.74 Å². The minimum Gasteiger partial charge on any atom is -0.462 e. The predicted molar refractivity (Wildman–Crippen MR) is 52.4 cm³/mol. The molecule has 0 spiro atoms. The van der Waals surface area contributed by atoms with Gasteiger partial charge in [0, 0.05) is 5.92 Å². The quantitative estimate of drug-likeness (QED) is 0.628. The predicted octanol–water partition coefficient (Wildman–Crippen LogP) is 2.76. The highest BCUT2D eigenvalue weighted by atomic mass is 16.5. The number of cyclic esters (lactones) is 1. The van der Waals surface area contributed by atoms with E-state index in [2.05, 4.69) is 20.8 Å². The van der Waals surface area contributed by atoms with E-state index in [4.69, 9.17) is 4.74 Å². The normalized spacial score (nSPS) is 28.2. The summed E-state index contributed by atoms with van der Waals surface area (Å²) in [4.78, 5) is 11.1. The van der Waals surface area contributed by atoms with Crippen molar-refractivity contribution in [2.75, 3.05) is 0 Å². The number of hydrogen-bond acceptors (Lipinski definition) is 2. The summed E-state index contributed by atoms with van der Waals surface area (Å²) in [7, 11) is 0. The Morgan fingerprint density at radius 3 is 2.77 bits per heavy atom. The lowest BCUT2D eigenvalue weighted by molar-refractivity contribution is -0.141. The zero-order valence-electron chi connectivity index (χ0n) is 8.88. The molecule has 0 bridgehead atoms. The Bertz CT molecular complexity index is 175.